The summed E-state index contributed by atoms with van der Waals surface area (Å²) in [6.45, 7) is 4.70. The second-order valence-corrected chi connectivity index (χ2v) is 26.9. The molecule has 0 bridgehead atoms. The molecule has 9 heteroatoms. The lowest BCUT2D eigenvalue weighted by atomic mass is 10.0. The molecule has 0 radical (unpaired) electrons. The summed E-state index contributed by atoms with van der Waals surface area (Å²) in [4.78, 5) is 37.6. The van der Waals surface area contributed by atoms with Gasteiger partial charge in [0.15, 0.2) is 12.4 Å². The minimum Gasteiger partial charge on any atom is -0.545 e. The van der Waals surface area contributed by atoms with Gasteiger partial charge >= 0.3 is 11.9 Å². The molecule has 0 saturated carbocycles. The first-order valence-electron chi connectivity index (χ1n) is 38.1. The number of hydrogen-bond acceptors (Lipinski definition) is 8. The molecule has 0 rings (SSSR count). The highest BCUT2D eigenvalue weighted by atomic mass is 16.7. The van der Waals surface area contributed by atoms with Gasteiger partial charge in [0.2, 0.25) is 0 Å². The Balaban J connectivity index is 4.03. The van der Waals surface area contributed by atoms with Gasteiger partial charge in [-0.1, -0.05) is 356 Å². The first-order valence-corrected chi connectivity index (χ1v) is 38.1. The predicted molar refractivity (Wildman–Crippen MR) is 380 cm³/mol. The summed E-state index contributed by atoms with van der Waals surface area (Å²) in [6, 6.07) is 0. The normalized spacial score (nSPS) is 13.0. The number of nitrogens with zero attached hydrogens (tertiary/aromatic N) is 1. The predicted octanol–water partition coefficient (Wildman–Crippen LogP) is 22.7. The van der Waals surface area contributed by atoms with Crippen LogP contribution in [0, 0.1) is 0 Å². The molecule has 0 amide bonds. The average Bonchev–Trinajstić information content (AvgIpc) is 3.64. The molecule has 0 aliphatic heterocycles. The summed E-state index contributed by atoms with van der Waals surface area (Å²) in [6.07, 6.45) is 91.5. The van der Waals surface area contributed by atoms with Gasteiger partial charge in [0, 0.05) is 12.8 Å². The highest BCUT2D eigenvalue weighted by Crippen LogP contribution is 2.19. The van der Waals surface area contributed by atoms with Gasteiger partial charge in [-0.3, -0.25) is 9.59 Å². The van der Waals surface area contributed by atoms with E-state index in [2.05, 4.69) is 86.8 Å². The molecule has 9 nitrogen and oxygen atoms in total. The Labute approximate surface area is 551 Å². The van der Waals surface area contributed by atoms with Gasteiger partial charge in [-0.25, -0.2) is 0 Å². The van der Waals surface area contributed by atoms with Crippen LogP contribution in [0.5, 0.6) is 0 Å². The van der Waals surface area contributed by atoms with E-state index in [1.807, 2.05) is 21.1 Å². The molecule has 0 spiro atoms. The van der Waals surface area contributed by atoms with Crippen molar-refractivity contribution in [1.29, 1.82) is 0 Å². The fraction of sp³-hybridized carbons (Fsp3) is 0.812. The zero-order valence-corrected chi connectivity index (χ0v) is 59.3. The lowest BCUT2D eigenvalue weighted by molar-refractivity contribution is -0.870. The van der Waals surface area contributed by atoms with Crippen LogP contribution in [0.15, 0.2) is 72.9 Å². The Kier molecular flexibility index (Phi) is 68.0. The van der Waals surface area contributed by atoms with Crippen molar-refractivity contribution < 1.29 is 42.9 Å². The number of carbonyl (C=O) groups is 3. The number of ether oxygens (including phenoxy) is 4. The van der Waals surface area contributed by atoms with Crippen LogP contribution >= 0.6 is 0 Å². The van der Waals surface area contributed by atoms with E-state index in [1.54, 1.807) is 0 Å². The van der Waals surface area contributed by atoms with E-state index in [0.717, 1.165) is 70.6 Å². The number of hydrogen-bond donors (Lipinski definition) is 0. The van der Waals surface area contributed by atoms with E-state index in [1.165, 1.54) is 257 Å². The summed E-state index contributed by atoms with van der Waals surface area (Å²) >= 11 is 0. The Morgan fingerprint density at radius 1 is 0.348 bits per heavy atom. The van der Waals surface area contributed by atoms with Crippen LogP contribution in [-0.4, -0.2) is 82.3 Å². The summed E-state index contributed by atoms with van der Waals surface area (Å²) in [7, 11) is 5.94. The third-order valence-electron chi connectivity index (χ3n) is 17.0. The molecule has 0 fully saturated rings. The van der Waals surface area contributed by atoms with Gasteiger partial charge in [-0.2, -0.15) is 0 Å². The quantitative estimate of drug-likeness (QED) is 0.0195. The van der Waals surface area contributed by atoms with Crippen LogP contribution in [0.1, 0.15) is 361 Å². The Morgan fingerprint density at radius 3 is 0.955 bits per heavy atom. The molecule has 0 N–H and O–H groups in total. The highest BCUT2D eigenvalue weighted by molar-refractivity contribution is 5.70. The molecule has 0 heterocycles. The van der Waals surface area contributed by atoms with Crippen molar-refractivity contribution in [2.45, 2.75) is 373 Å². The zero-order chi connectivity index (χ0) is 64.7. The fourth-order valence-electron chi connectivity index (χ4n) is 11.2. The first kappa shape index (κ1) is 85.7. The van der Waals surface area contributed by atoms with Gasteiger partial charge < -0.3 is 33.3 Å². The van der Waals surface area contributed by atoms with Crippen LogP contribution in [0.4, 0.5) is 0 Å². The number of carboxylic acids is 1. The molecule has 0 saturated heterocycles. The highest BCUT2D eigenvalue weighted by Gasteiger charge is 2.22. The number of carboxylic acid groups (broad SMARTS) is 1. The van der Waals surface area contributed by atoms with Crippen LogP contribution in [-0.2, 0) is 33.3 Å². The van der Waals surface area contributed by atoms with Crippen LogP contribution < -0.4 is 5.11 Å². The smallest absolute Gasteiger partial charge is 0.306 e. The number of aliphatic carboxylic acids is 1. The van der Waals surface area contributed by atoms with Crippen molar-refractivity contribution in [3.63, 3.8) is 0 Å². The maximum Gasteiger partial charge on any atom is 0.306 e. The largest absolute Gasteiger partial charge is 0.545 e. The van der Waals surface area contributed by atoms with Crippen molar-refractivity contribution in [3.05, 3.63) is 72.9 Å². The summed E-state index contributed by atoms with van der Waals surface area (Å²) < 4.78 is 22.9. The molecule has 0 aromatic carbocycles. The van der Waals surface area contributed by atoms with Crippen molar-refractivity contribution >= 4 is 17.9 Å². The number of likely N-dealkylation sites (N-methyl/N-ethyl adjacent to an activating group) is 1. The molecule has 2 unspecified atom stereocenters. The SMILES string of the molecule is CC/C=C\C/C=C\C/C=C\C/C=C\C/C=C\C/C=C\CCCCCCCCCCCCCCCCCCC(=O)OC(COC(=O)CCCCCCCCCCCCCCCCCCCCCCCCCCCCCCC)COC(OCC[N+](C)(C)C)C(=O)[O-]. The van der Waals surface area contributed by atoms with Gasteiger partial charge in [0.05, 0.1) is 40.3 Å². The lowest BCUT2D eigenvalue weighted by Crippen LogP contribution is -2.44. The van der Waals surface area contributed by atoms with E-state index in [0.29, 0.717) is 23.9 Å². The van der Waals surface area contributed by atoms with Crippen molar-refractivity contribution in [3.8, 4) is 0 Å². The summed E-state index contributed by atoms with van der Waals surface area (Å²) in [5.74, 6) is -2.26. The van der Waals surface area contributed by atoms with E-state index in [4.69, 9.17) is 18.9 Å². The number of rotatable bonds is 71. The molecule has 0 aromatic rings. The van der Waals surface area contributed by atoms with Crippen LogP contribution in [0.3, 0.4) is 0 Å². The second kappa shape index (κ2) is 70.6. The van der Waals surface area contributed by atoms with Crippen molar-refractivity contribution in [2.75, 3.05) is 47.5 Å². The topological polar surface area (TPSA) is 111 Å². The minimum atomic E-state index is -1.62. The third-order valence-corrected chi connectivity index (χ3v) is 17.0. The molecule has 2 atom stereocenters. The average molecular weight is 1250 g/mol. The minimum absolute atomic E-state index is 0.149. The Bertz CT molecular complexity index is 1690. The molecule has 0 aromatic heterocycles. The molecule has 89 heavy (non-hydrogen) atoms. The van der Waals surface area contributed by atoms with E-state index in [9.17, 15) is 19.5 Å². The summed E-state index contributed by atoms with van der Waals surface area (Å²) in [5, 5.41) is 11.8. The molecular formula is C80H145NO8. The Morgan fingerprint density at radius 2 is 0.640 bits per heavy atom. The molecule has 0 aliphatic carbocycles. The number of quaternary nitrogens is 1. The lowest BCUT2D eigenvalue weighted by Gasteiger charge is -2.26. The zero-order valence-electron chi connectivity index (χ0n) is 59.3. The monoisotopic (exact) mass is 1250 g/mol. The van der Waals surface area contributed by atoms with E-state index >= 15 is 0 Å². The van der Waals surface area contributed by atoms with Gasteiger partial charge in [0.1, 0.15) is 13.2 Å². The third kappa shape index (κ3) is 72.0. The molecular weight excluding hydrogens is 1100 g/mol. The van der Waals surface area contributed by atoms with Gasteiger partial charge in [-0.05, 0) is 64.2 Å². The fourth-order valence-corrected chi connectivity index (χ4v) is 11.2. The molecule has 518 valence electrons. The number of allylic oxidation sites excluding steroid dienone is 12. The maximum absolute atomic E-state index is 13.0. The van der Waals surface area contributed by atoms with Gasteiger partial charge in [0.25, 0.3) is 0 Å². The van der Waals surface area contributed by atoms with Crippen molar-refractivity contribution in [2.24, 2.45) is 0 Å². The number of unbranched alkanes of at least 4 members (excludes halogenated alkanes) is 44. The van der Waals surface area contributed by atoms with Crippen LogP contribution in [0.25, 0.3) is 0 Å². The summed E-state index contributed by atoms with van der Waals surface area (Å²) in [5.41, 5.74) is 0. The number of esters is 2. The first-order chi connectivity index (χ1) is 43.6. The second-order valence-electron chi connectivity index (χ2n) is 26.9. The maximum atomic E-state index is 13.0. The van der Waals surface area contributed by atoms with Crippen molar-refractivity contribution in [1.82, 2.24) is 0 Å². The number of carbonyl (C=O) groups excluding carboxylic acids is 3. The van der Waals surface area contributed by atoms with E-state index < -0.39 is 24.3 Å². The standard InChI is InChI=1S/C80H145NO8/c1-6-8-10-12-14-16-18-20-22-24-26-28-30-32-34-36-37-38-39-40-41-43-45-47-49-51-53-55-57-59-61-63-65-67-69-71-78(83)89-76(75-88-80(79(84)85)86-73-72-81(3,4)5)74-87-77(82)70-68-66-64-62-60-58-56-54-52-50-48-46-44-42-35-33-31-29-27-25-23-21-19-17-15-13-11-9-7-2/h8,10,14,16,20,22,26,28,32,34,37-38,76,80H,6-7,9,11-13,15,17-19,21,23-25,27,29-31,33,35-36,39-75H2,1-5H3/b10-8-,16-14-,22-20-,28-26-,34-32-,38-37-. The Hall–Kier alpha value is -3.27. The van der Waals surface area contributed by atoms with E-state index in [-0.39, 0.29) is 32.2 Å². The van der Waals surface area contributed by atoms with Gasteiger partial charge in [-0.15, -0.1) is 0 Å². The molecule has 0 aliphatic rings. The van der Waals surface area contributed by atoms with Crippen LogP contribution in [0.2, 0.25) is 0 Å².